The standard InChI is InChI=1S/C13H17NO/c1-2-3-4-5-7-11-8-6-9-12-10-15-14-13(11)12/h6,8-10H,2-5,7H2,1H3. The molecule has 2 nitrogen and oxygen atoms in total. The third-order valence-electron chi connectivity index (χ3n) is 2.77. The molecular weight excluding hydrogens is 186 g/mol. The van der Waals surface area contributed by atoms with Crippen LogP contribution >= 0.6 is 0 Å². The second kappa shape index (κ2) is 4.96. The Morgan fingerprint density at radius 3 is 3.00 bits per heavy atom. The molecule has 2 rings (SSSR count). The SMILES string of the molecule is CCCCCCc1cccc2conc12. The van der Waals surface area contributed by atoms with Crippen LogP contribution in [0, 0.1) is 0 Å². The van der Waals surface area contributed by atoms with Gasteiger partial charge in [-0.3, -0.25) is 0 Å². The number of hydrogen-bond acceptors (Lipinski definition) is 2. The van der Waals surface area contributed by atoms with Crippen LogP contribution in [0.5, 0.6) is 0 Å². The monoisotopic (exact) mass is 203 g/mol. The predicted molar refractivity (Wildman–Crippen MR) is 61.9 cm³/mol. The number of rotatable bonds is 5. The van der Waals surface area contributed by atoms with Crippen molar-refractivity contribution in [1.29, 1.82) is 0 Å². The lowest BCUT2D eigenvalue weighted by atomic mass is 10.0. The van der Waals surface area contributed by atoms with E-state index >= 15 is 0 Å². The van der Waals surface area contributed by atoms with Crippen molar-refractivity contribution in [2.45, 2.75) is 39.0 Å². The van der Waals surface area contributed by atoms with E-state index in [9.17, 15) is 0 Å². The van der Waals surface area contributed by atoms with E-state index in [0.717, 1.165) is 17.3 Å². The third kappa shape index (κ3) is 2.38. The highest BCUT2D eigenvalue weighted by Crippen LogP contribution is 2.19. The van der Waals surface area contributed by atoms with Crippen LogP contribution in [0.2, 0.25) is 0 Å². The summed E-state index contributed by atoms with van der Waals surface area (Å²) >= 11 is 0. The third-order valence-corrected chi connectivity index (χ3v) is 2.77. The fraction of sp³-hybridized carbons (Fsp3) is 0.462. The average molecular weight is 203 g/mol. The van der Waals surface area contributed by atoms with Crippen LogP contribution in [0.15, 0.2) is 29.0 Å². The second-order valence-corrected chi connectivity index (χ2v) is 3.98. The van der Waals surface area contributed by atoms with E-state index in [0.29, 0.717) is 0 Å². The normalized spacial score (nSPS) is 11.0. The second-order valence-electron chi connectivity index (χ2n) is 3.98. The van der Waals surface area contributed by atoms with E-state index in [1.807, 2.05) is 6.07 Å². The molecule has 15 heavy (non-hydrogen) atoms. The molecular formula is C13H17NO. The Balaban J connectivity index is 2.04. The van der Waals surface area contributed by atoms with Gasteiger partial charge in [0.25, 0.3) is 0 Å². The molecule has 0 aliphatic rings. The van der Waals surface area contributed by atoms with Gasteiger partial charge in [0, 0.05) is 5.39 Å². The summed E-state index contributed by atoms with van der Waals surface area (Å²) in [4.78, 5) is 0. The zero-order valence-electron chi connectivity index (χ0n) is 9.20. The first kappa shape index (κ1) is 10.2. The highest BCUT2D eigenvalue weighted by atomic mass is 16.5. The van der Waals surface area contributed by atoms with Crippen molar-refractivity contribution in [3.63, 3.8) is 0 Å². The highest BCUT2D eigenvalue weighted by molar-refractivity contribution is 5.80. The Kier molecular flexibility index (Phi) is 3.38. The number of nitrogens with zero attached hydrogens (tertiary/aromatic N) is 1. The van der Waals surface area contributed by atoms with Gasteiger partial charge in [0.05, 0.1) is 0 Å². The van der Waals surface area contributed by atoms with Crippen molar-refractivity contribution >= 4 is 10.9 Å². The van der Waals surface area contributed by atoms with Gasteiger partial charge in [-0.15, -0.1) is 0 Å². The minimum absolute atomic E-state index is 1.04. The van der Waals surface area contributed by atoms with E-state index in [1.165, 1.54) is 31.2 Å². The molecule has 2 aromatic rings. The van der Waals surface area contributed by atoms with Crippen LogP contribution in [0.25, 0.3) is 10.9 Å². The lowest BCUT2D eigenvalue weighted by Crippen LogP contribution is -1.87. The minimum Gasteiger partial charge on any atom is -0.363 e. The van der Waals surface area contributed by atoms with Crippen molar-refractivity contribution in [2.24, 2.45) is 0 Å². The summed E-state index contributed by atoms with van der Waals surface area (Å²) in [5.74, 6) is 0. The molecule has 1 heterocycles. The van der Waals surface area contributed by atoms with Crippen LogP contribution in [0.1, 0.15) is 38.2 Å². The van der Waals surface area contributed by atoms with Gasteiger partial charge in [0.15, 0.2) is 0 Å². The van der Waals surface area contributed by atoms with Gasteiger partial charge in [-0.05, 0) is 24.5 Å². The Bertz CT molecular complexity index is 419. The number of hydrogen-bond donors (Lipinski definition) is 0. The first-order valence-electron chi connectivity index (χ1n) is 5.74. The molecule has 0 amide bonds. The quantitative estimate of drug-likeness (QED) is 0.688. The number of aromatic nitrogens is 1. The first-order chi connectivity index (χ1) is 7.42. The summed E-state index contributed by atoms with van der Waals surface area (Å²) in [6.45, 7) is 2.23. The summed E-state index contributed by atoms with van der Waals surface area (Å²) in [5, 5.41) is 5.16. The molecule has 0 aliphatic heterocycles. The average Bonchev–Trinajstić information content (AvgIpc) is 2.73. The van der Waals surface area contributed by atoms with Crippen LogP contribution in [-0.4, -0.2) is 5.16 Å². The molecule has 80 valence electrons. The molecule has 1 aromatic carbocycles. The Morgan fingerprint density at radius 1 is 1.20 bits per heavy atom. The first-order valence-corrected chi connectivity index (χ1v) is 5.74. The molecule has 2 heteroatoms. The molecule has 1 aromatic heterocycles. The highest BCUT2D eigenvalue weighted by Gasteiger charge is 2.03. The Labute approximate surface area is 90.3 Å². The van der Waals surface area contributed by atoms with Crippen molar-refractivity contribution in [1.82, 2.24) is 5.16 Å². The molecule has 0 saturated carbocycles. The van der Waals surface area contributed by atoms with Gasteiger partial charge < -0.3 is 4.52 Å². The molecule has 0 atom stereocenters. The van der Waals surface area contributed by atoms with Crippen LogP contribution in [-0.2, 0) is 6.42 Å². The molecule has 0 N–H and O–H groups in total. The minimum atomic E-state index is 1.04. The Hall–Kier alpha value is -1.31. The molecule has 0 spiro atoms. The molecule has 0 aliphatic carbocycles. The van der Waals surface area contributed by atoms with Gasteiger partial charge in [-0.25, -0.2) is 0 Å². The smallest absolute Gasteiger partial charge is 0.131 e. The van der Waals surface area contributed by atoms with Crippen molar-refractivity contribution in [3.8, 4) is 0 Å². The Morgan fingerprint density at radius 2 is 2.13 bits per heavy atom. The van der Waals surface area contributed by atoms with Crippen molar-refractivity contribution in [2.75, 3.05) is 0 Å². The zero-order valence-corrected chi connectivity index (χ0v) is 9.20. The zero-order chi connectivity index (χ0) is 10.5. The molecule has 0 unspecified atom stereocenters. The van der Waals surface area contributed by atoms with E-state index < -0.39 is 0 Å². The number of unbranched alkanes of at least 4 members (excludes halogenated alkanes) is 3. The van der Waals surface area contributed by atoms with Gasteiger partial charge in [0.2, 0.25) is 0 Å². The van der Waals surface area contributed by atoms with Gasteiger partial charge >= 0.3 is 0 Å². The van der Waals surface area contributed by atoms with E-state index in [1.54, 1.807) is 6.26 Å². The number of benzene rings is 1. The van der Waals surface area contributed by atoms with Gasteiger partial charge in [-0.2, -0.15) is 0 Å². The summed E-state index contributed by atoms with van der Waals surface area (Å²) in [6.07, 6.45) is 8.00. The lowest BCUT2D eigenvalue weighted by molar-refractivity contribution is 0.427. The largest absolute Gasteiger partial charge is 0.363 e. The summed E-state index contributed by atoms with van der Waals surface area (Å²) in [5.41, 5.74) is 2.35. The number of fused-ring (bicyclic) bond motifs is 1. The maximum atomic E-state index is 4.98. The lowest BCUT2D eigenvalue weighted by Gasteiger charge is -2.01. The van der Waals surface area contributed by atoms with E-state index in [-0.39, 0.29) is 0 Å². The van der Waals surface area contributed by atoms with Crippen LogP contribution < -0.4 is 0 Å². The predicted octanol–water partition coefficient (Wildman–Crippen LogP) is 3.95. The van der Waals surface area contributed by atoms with Gasteiger partial charge in [0.1, 0.15) is 11.8 Å². The van der Waals surface area contributed by atoms with Gasteiger partial charge in [-0.1, -0.05) is 43.5 Å². The maximum Gasteiger partial charge on any atom is 0.131 e. The fourth-order valence-corrected chi connectivity index (χ4v) is 1.90. The van der Waals surface area contributed by atoms with Crippen molar-refractivity contribution in [3.05, 3.63) is 30.0 Å². The maximum absolute atomic E-state index is 4.98. The van der Waals surface area contributed by atoms with Crippen LogP contribution in [0.3, 0.4) is 0 Å². The number of aryl methyl sites for hydroxylation is 1. The molecule has 0 saturated heterocycles. The topological polar surface area (TPSA) is 26.0 Å². The van der Waals surface area contributed by atoms with Crippen LogP contribution in [0.4, 0.5) is 0 Å². The molecule has 0 radical (unpaired) electrons. The van der Waals surface area contributed by atoms with E-state index in [2.05, 4.69) is 24.2 Å². The van der Waals surface area contributed by atoms with E-state index in [4.69, 9.17) is 4.52 Å². The summed E-state index contributed by atoms with van der Waals surface area (Å²) in [6, 6.07) is 6.27. The fourth-order valence-electron chi connectivity index (χ4n) is 1.90. The molecule has 0 bridgehead atoms. The summed E-state index contributed by atoms with van der Waals surface area (Å²) < 4.78 is 4.98. The van der Waals surface area contributed by atoms with Crippen molar-refractivity contribution < 1.29 is 4.52 Å². The summed E-state index contributed by atoms with van der Waals surface area (Å²) in [7, 11) is 0. The molecule has 0 fully saturated rings.